The fourth-order valence-corrected chi connectivity index (χ4v) is 3.18. The fraction of sp³-hybridized carbons (Fsp3) is 0.733. The van der Waals surface area contributed by atoms with Crippen LogP contribution < -0.4 is 10.4 Å². The Morgan fingerprint density at radius 2 is 1.74 bits per heavy atom. The maximum Gasteiger partial charge on any atom is 0.224 e. The van der Waals surface area contributed by atoms with Crippen molar-refractivity contribution >= 4 is 11.9 Å². The van der Waals surface area contributed by atoms with Crippen LogP contribution >= 0.6 is 0 Å². The van der Waals surface area contributed by atoms with E-state index in [0.717, 1.165) is 19.3 Å². The molecule has 4 heteroatoms. The van der Waals surface area contributed by atoms with Gasteiger partial charge in [0.15, 0.2) is 0 Å². The summed E-state index contributed by atoms with van der Waals surface area (Å²) < 4.78 is 0. The number of carboxylic acid groups (broad SMARTS) is 1. The summed E-state index contributed by atoms with van der Waals surface area (Å²) in [4.78, 5) is 23.4. The number of rotatable bonds is 3. The number of hydrogen-bond donors (Lipinski definition) is 1. The standard InChI is InChI=1S/C15H23NO3/c1-10-6-2-5-9-13(10)16-14(17)11-7-3-4-8-12(11)15(18)19/h3-4,10-13H,2,5-9H2,1H3,(H,16,17)(H,18,19)/p-1/t10-,11-,12+,13+/m1/s1. The molecule has 0 unspecified atom stereocenters. The molecule has 0 aromatic rings. The van der Waals surface area contributed by atoms with E-state index in [2.05, 4.69) is 12.2 Å². The molecular formula is C15H22NO3-. The lowest BCUT2D eigenvalue weighted by Crippen LogP contribution is -2.48. The highest BCUT2D eigenvalue weighted by Gasteiger charge is 2.32. The number of carboxylic acids is 1. The first-order valence-corrected chi connectivity index (χ1v) is 7.26. The lowest BCUT2D eigenvalue weighted by atomic mass is 9.81. The Kier molecular flexibility index (Phi) is 4.61. The average molecular weight is 264 g/mol. The second kappa shape index (κ2) is 6.22. The summed E-state index contributed by atoms with van der Waals surface area (Å²) in [6.45, 7) is 2.15. The summed E-state index contributed by atoms with van der Waals surface area (Å²) in [5.41, 5.74) is 0. The van der Waals surface area contributed by atoms with Crippen molar-refractivity contribution in [2.75, 3.05) is 0 Å². The van der Waals surface area contributed by atoms with Gasteiger partial charge in [-0.2, -0.15) is 0 Å². The van der Waals surface area contributed by atoms with Crippen molar-refractivity contribution in [3.63, 3.8) is 0 Å². The topological polar surface area (TPSA) is 69.2 Å². The van der Waals surface area contributed by atoms with E-state index in [-0.39, 0.29) is 11.9 Å². The van der Waals surface area contributed by atoms with Gasteiger partial charge in [0.05, 0.1) is 0 Å². The van der Waals surface area contributed by atoms with E-state index < -0.39 is 17.8 Å². The van der Waals surface area contributed by atoms with Crippen molar-refractivity contribution in [2.24, 2.45) is 17.8 Å². The maximum atomic E-state index is 12.3. The number of aliphatic carboxylic acids is 1. The van der Waals surface area contributed by atoms with Gasteiger partial charge in [0.2, 0.25) is 5.91 Å². The molecule has 0 aromatic heterocycles. The number of hydrogen-bond acceptors (Lipinski definition) is 3. The zero-order valence-corrected chi connectivity index (χ0v) is 11.4. The maximum absolute atomic E-state index is 12.3. The Bertz CT molecular complexity index is 378. The van der Waals surface area contributed by atoms with Crippen molar-refractivity contribution in [3.05, 3.63) is 12.2 Å². The molecule has 2 rings (SSSR count). The third-order valence-corrected chi connectivity index (χ3v) is 4.51. The molecule has 0 bridgehead atoms. The van der Waals surface area contributed by atoms with Crippen molar-refractivity contribution in [3.8, 4) is 0 Å². The predicted molar refractivity (Wildman–Crippen MR) is 69.9 cm³/mol. The fourth-order valence-electron chi connectivity index (χ4n) is 3.18. The summed E-state index contributed by atoms with van der Waals surface area (Å²) in [5.74, 6) is -1.88. The lowest BCUT2D eigenvalue weighted by molar-refractivity contribution is -0.313. The van der Waals surface area contributed by atoms with Gasteiger partial charge in [-0.3, -0.25) is 4.79 Å². The third kappa shape index (κ3) is 3.37. The van der Waals surface area contributed by atoms with E-state index in [1.54, 1.807) is 0 Å². The quantitative estimate of drug-likeness (QED) is 0.774. The molecule has 0 heterocycles. The molecule has 19 heavy (non-hydrogen) atoms. The summed E-state index contributed by atoms with van der Waals surface area (Å²) in [6, 6.07) is 0.203. The molecule has 0 aromatic carbocycles. The first-order valence-electron chi connectivity index (χ1n) is 7.26. The second-order valence-corrected chi connectivity index (χ2v) is 5.85. The predicted octanol–water partition coefficient (Wildman–Crippen LogP) is 1.01. The molecule has 0 spiro atoms. The molecular weight excluding hydrogens is 242 g/mol. The second-order valence-electron chi connectivity index (χ2n) is 5.85. The van der Waals surface area contributed by atoms with Crippen LogP contribution in [0.25, 0.3) is 0 Å². The van der Waals surface area contributed by atoms with E-state index in [1.165, 1.54) is 6.42 Å². The van der Waals surface area contributed by atoms with E-state index in [4.69, 9.17) is 0 Å². The van der Waals surface area contributed by atoms with Crippen molar-refractivity contribution in [2.45, 2.75) is 51.5 Å². The minimum Gasteiger partial charge on any atom is -0.550 e. The Morgan fingerprint density at radius 3 is 2.37 bits per heavy atom. The Labute approximate surface area is 114 Å². The lowest BCUT2D eigenvalue weighted by Gasteiger charge is -2.33. The SMILES string of the molecule is C[C@@H]1CCCC[C@@H]1NC(=O)[C@@H]1CC=CC[C@@H]1C(=O)[O-]. The molecule has 4 nitrogen and oxygen atoms in total. The van der Waals surface area contributed by atoms with Crippen LogP contribution in [0.15, 0.2) is 12.2 Å². The van der Waals surface area contributed by atoms with Crippen LogP contribution in [-0.4, -0.2) is 17.9 Å². The van der Waals surface area contributed by atoms with Crippen LogP contribution in [-0.2, 0) is 9.59 Å². The minimum atomic E-state index is -1.11. The molecule has 0 radical (unpaired) electrons. The Hall–Kier alpha value is -1.32. The summed E-state index contributed by atoms with van der Waals surface area (Å²) in [6.07, 6.45) is 9.14. The summed E-state index contributed by atoms with van der Waals surface area (Å²) in [5, 5.41) is 14.2. The number of carbonyl (C=O) groups is 2. The van der Waals surface area contributed by atoms with E-state index in [0.29, 0.717) is 18.8 Å². The Morgan fingerprint density at radius 1 is 1.11 bits per heavy atom. The van der Waals surface area contributed by atoms with Gasteiger partial charge in [-0.25, -0.2) is 0 Å². The van der Waals surface area contributed by atoms with Gasteiger partial charge in [0, 0.05) is 23.8 Å². The van der Waals surface area contributed by atoms with Crippen molar-refractivity contribution in [1.82, 2.24) is 5.32 Å². The number of nitrogens with one attached hydrogen (secondary N) is 1. The molecule has 0 saturated heterocycles. The zero-order valence-electron chi connectivity index (χ0n) is 11.4. The highest BCUT2D eigenvalue weighted by Crippen LogP contribution is 2.28. The van der Waals surface area contributed by atoms with Crippen LogP contribution in [0.3, 0.4) is 0 Å². The average Bonchev–Trinajstić information content (AvgIpc) is 2.41. The van der Waals surface area contributed by atoms with Gasteiger partial charge in [-0.05, 0) is 31.6 Å². The van der Waals surface area contributed by atoms with E-state index in [1.807, 2.05) is 12.2 Å². The summed E-state index contributed by atoms with van der Waals surface area (Å²) >= 11 is 0. The van der Waals surface area contributed by atoms with Crippen LogP contribution in [0.4, 0.5) is 0 Å². The van der Waals surface area contributed by atoms with Gasteiger partial charge in [0.25, 0.3) is 0 Å². The van der Waals surface area contributed by atoms with E-state index in [9.17, 15) is 14.7 Å². The first-order chi connectivity index (χ1) is 9.09. The molecule has 0 aliphatic heterocycles. The van der Waals surface area contributed by atoms with Crippen LogP contribution in [0, 0.1) is 17.8 Å². The number of amides is 1. The van der Waals surface area contributed by atoms with Gasteiger partial charge in [-0.15, -0.1) is 0 Å². The highest BCUT2D eigenvalue weighted by molar-refractivity contribution is 5.84. The monoisotopic (exact) mass is 264 g/mol. The van der Waals surface area contributed by atoms with Crippen LogP contribution in [0.1, 0.15) is 45.4 Å². The Balaban J connectivity index is 1.97. The first kappa shape index (κ1) is 14.1. The van der Waals surface area contributed by atoms with Crippen molar-refractivity contribution in [1.29, 1.82) is 0 Å². The van der Waals surface area contributed by atoms with E-state index >= 15 is 0 Å². The largest absolute Gasteiger partial charge is 0.550 e. The molecule has 106 valence electrons. The van der Waals surface area contributed by atoms with Gasteiger partial charge in [-0.1, -0.05) is 31.9 Å². The number of carbonyl (C=O) groups excluding carboxylic acids is 2. The molecule has 2 aliphatic carbocycles. The van der Waals surface area contributed by atoms with Gasteiger partial charge in [0.1, 0.15) is 0 Å². The molecule has 1 saturated carbocycles. The van der Waals surface area contributed by atoms with Gasteiger partial charge >= 0.3 is 0 Å². The number of allylic oxidation sites excluding steroid dienone is 2. The summed E-state index contributed by atoms with van der Waals surface area (Å²) in [7, 11) is 0. The molecule has 1 fully saturated rings. The normalized spacial score (nSPS) is 34.8. The van der Waals surface area contributed by atoms with Gasteiger partial charge < -0.3 is 15.2 Å². The highest BCUT2D eigenvalue weighted by atomic mass is 16.4. The minimum absolute atomic E-state index is 0.114. The zero-order chi connectivity index (χ0) is 13.8. The smallest absolute Gasteiger partial charge is 0.224 e. The molecule has 2 aliphatic rings. The van der Waals surface area contributed by atoms with Crippen LogP contribution in [0.2, 0.25) is 0 Å². The third-order valence-electron chi connectivity index (χ3n) is 4.51. The van der Waals surface area contributed by atoms with Crippen molar-refractivity contribution < 1.29 is 14.7 Å². The molecule has 4 atom stereocenters. The van der Waals surface area contributed by atoms with Crippen LogP contribution in [0.5, 0.6) is 0 Å². The molecule has 1 N–H and O–H groups in total. The molecule has 1 amide bonds.